The molecule has 0 spiro atoms. The molecule has 1 N–H and O–H groups in total. The summed E-state index contributed by atoms with van der Waals surface area (Å²) in [5, 5.41) is 3.62. The maximum atomic E-state index is 4.46. The number of fused-ring (bicyclic) bond motifs is 1. The Hall–Kier alpha value is -1.90. The number of nitrogens with zero attached hydrogens (tertiary/aromatic N) is 2. The normalized spacial score (nSPS) is 15.5. The summed E-state index contributed by atoms with van der Waals surface area (Å²) in [6.45, 7) is 4.17. The van der Waals surface area contributed by atoms with E-state index in [2.05, 4.69) is 40.4 Å². The van der Waals surface area contributed by atoms with Crippen molar-refractivity contribution in [2.45, 2.75) is 45.6 Å². The predicted molar refractivity (Wildman–Crippen MR) is 81.9 cm³/mol. The Kier molecular flexibility index (Phi) is 3.68. The van der Waals surface area contributed by atoms with Gasteiger partial charge < -0.3 is 5.32 Å². The van der Waals surface area contributed by atoms with E-state index in [1.165, 1.54) is 42.5 Å². The van der Waals surface area contributed by atoms with Gasteiger partial charge in [0.05, 0.1) is 17.4 Å². The quantitative estimate of drug-likeness (QED) is 0.918. The van der Waals surface area contributed by atoms with Crippen LogP contribution in [0.4, 0.5) is 5.69 Å². The van der Waals surface area contributed by atoms with Gasteiger partial charge >= 0.3 is 0 Å². The smallest absolute Gasteiger partial charge is 0.0835 e. The summed E-state index contributed by atoms with van der Waals surface area (Å²) in [5.41, 5.74) is 6.29. The maximum absolute atomic E-state index is 4.46. The lowest BCUT2D eigenvalue weighted by Crippen LogP contribution is -2.14. The molecule has 1 unspecified atom stereocenters. The van der Waals surface area contributed by atoms with Gasteiger partial charge in [0.25, 0.3) is 0 Å². The minimum atomic E-state index is 0.178. The molecule has 0 aliphatic heterocycles. The molecule has 1 heterocycles. The van der Waals surface area contributed by atoms with E-state index < -0.39 is 0 Å². The van der Waals surface area contributed by atoms with Gasteiger partial charge in [0.2, 0.25) is 0 Å². The lowest BCUT2D eigenvalue weighted by Gasteiger charge is -2.23. The van der Waals surface area contributed by atoms with Crippen molar-refractivity contribution in [1.82, 2.24) is 9.97 Å². The number of hydrogen-bond acceptors (Lipinski definition) is 3. The second kappa shape index (κ2) is 5.61. The molecule has 3 heteroatoms. The van der Waals surface area contributed by atoms with Crippen LogP contribution in [0.3, 0.4) is 0 Å². The van der Waals surface area contributed by atoms with Crippen LogP contribution >= 0.6 is 0 Å². The summed E-state index contributed by atoms with van der Waals surface area (Å²) in [7, 11) is 0. The monoisotopic (exact) mass is 267 g/mol. The van der Waals surface area contributed by atoms with Gasteiger partial charge in [-0.25, -0.2) is 0 Å². The maximum Gasteiger partial charge on any atom is 0.0835 e. The van der Waals surface area contributed by atoms with E-state index in [1.54, 1.807) is 12.4 Å². The summed E-state index contributed by atoms with van der Waals surface area (Å²) < 4.78 is 0. The van der Waals surface area contributed by atoms with E-state index in [9.17, 15) is 0 Å². The first kappa shape index (κ1) is 13.1. The first-order chi connectivity index (χ1) is 9.75. The third-order valence-electron chi connectivity index (χ3n) is 4.10. The molecule has 0 bridgehead atoms. The Morgan fingerprint density at radius 2 is 1.90 bits per heavy atom. The molecule has 1 atom stereocenters. The van der Waals surface area contributed by atoms with Crippen molar-refractivity contribution in [3.05, 3.63) is 53.1 Å². The molecule has 1 aromatic carbocycles. The van der Waals surface area contributed by atoms with E-state index in [1.807, 2.05) is 6.92 Å². The third-order valence-corrected chi connectivity index (χ3v) is 4.10. The van der Waals surface area contributed by atoms with Gasteiger partial charge in [-0.05, 0) is 56.7 Å². The minimum Gasteiger partial charge on any atom is -0.377 e. The van der Waals surface area contributed by atoms with E-state index in [4.69, 9.17) is 0 Å². The van der Waals surface area contributed by atoms with Gasteiger partial charge in [-0.1, -0.05) is 12.1 Å². The van der Waals surface area contributed by atoms with Gasteiger partial charge in [0.1, 0.15) is 0 Å². The van der Waals surface area contributed by atoms with Crippen molar-refractivity contribution in [2.24, 2.45) is 0 Å². The zero-order chi connectivity index (χ0) is 13.9. The highest BCUT2D eigenvalue weighted by atomic mass is 15.0. The standard InChI is InChI=1S/C17H21N3/c1-12-17(19-11-10-18-12)13(2)20-16-9-5-7-14-6-3-4-8-15(14)16/h5,7,9-11,13,20H,3-4,6,8H2,1-2H3. The van der Waals surface area contributed by atoms with Gasteiger partial charge in [-0.15, -0.1) is 0 Å². The Bertz CT molecular complexity index is 607. The van der Waals surface area contributed by atoms with Gasteiger partial charge in [0, 0.05) is 18.1 Å². The molecule has 3 rings (SSSR count). The summed E-state index contributed by atoms with van der Waals surface area (Å²) >= 11 is 0. The van der Waals surface area contributed by atoms with Crippen molar-refractivity contribution < 1.29 is 0 Å². The molecule has 0 saturated carbocycles. The second-order valence-corrected chi connectivity index (χ2v) is 5.54. The van der Waals surface area contributed by atoms with Gasteiger partial charge in [0.15, 0.2) is 0 Å². The van der Waals surface area contributed by atoms with Crippen molar-refractivity contribution in [1.29, 1.82) is 0 Å². The fourth-order valence-electron chi connectivity index (χ4n) is 3.06. The molecule has 2 aromatic rings. The first-order valence-electron chi connectivity index (χ1n) is 7.40. The lowest BCUT2D eigenvalue weighted by molar-refractivity contribution is 0.684. The summed E-state index contributed by atoms with van der Waals surface area (Å²) in [6.07, 6.45) is 8.52. The van der Waals surface area contributed by atoms with Crippen LogP contribution in [0.15, 0.2) is 30.6 Å². The molecular weight excluding hydrogens is 246 g/mol. The summed E-state index contributed by atoms with van der Waals surface area (Å²) in [4.78, 5) is 8.79. The third kappa shape index (κ3) is 2.53. The van der Waals surface area contributed by atoms with Crippen LogP contribution in [0, 0.1) is 6.92 Å². The number of anilines is 1. The predicted octanol–water partition coefficient (Wildman–Crippen LogP) is 3.84. The minimum absolute atomic E-state index is 0.178. The van der Waals surface area contributed by atoms with Crippen LogP contribution in [0.25, 0.3) is 0 Å². The highest BCUT2D eigenvalue weighted by Gasteiger charge is 2.16. The van der Waals surface area contributed by atoms with Crippen LogP contribution in [-0.2, 0) is 12.8 Å². The number of aromatic nitrogens is 2. The van der Waals surface area contributed by atoms with Crippen molar-refractivity contribution in [3.8, 4) is 0 Å². The number of aryl methyl sites for hydroxylation is 2. The highest BCUT2D eigenvalue weighted by molar-refractivity contribution is 5.56. The average molecular weight is 267 g/mol. The van der Waals surface area contributed by atoms with Crippen LogP contribution in [0.1, 0.15) is 48.3 Å². The van der Waals surface area contributed by atoms with E-state index >= 15 is 0 Å². The van der Waals surface area contributed by atoms with Gasteiger partial charge in [-0.3, -0.25) is 9.97 Å². The molecule has 1 aliphatic carbocycles. The summed E-state index contributed by atoms with van der Waals surface area (Å²) in [5.74, 6) is 0. The van der Waals surface area contributed by atoms with Gasteiger partial charge in [-0.2, -0.15) is 0 Å². The van der Waals surface area contributed by atoms with Crippen LogP contribution in [-0.4, -0.2) is 9.97 Å². The summed E-state index contributed by atoms with van der Waals surface area (Å²) in [6, 6.07) is 6.78. The number of nitrogens with one attached hydrogen (secondary N) is 1. The zero-order valence-corrected chi connectivity index (χ0v) is 12.2. The van der Waals surface area contributed by atoms with Crippen LogP contribution < -0.4 is 5.32 Å². The number of hydrogen-bond donors (Lipinski definition) is 1. The second-order valence-electron chi connectivity index (χ2n) is 5.54. The molecule has 20 heavy (non-hydrogen) atoms. The fourth-order valence-corrected chi connectivity index (χ4v) is 3.06. The Morgan fingerprint density at radius 3 is 2.75 bits per heavy atom. The molecule has 1 aliphatic rings. The molecular formula is C17H21N3. The first-order valence-corrected chi connectivity index (χ1v) is 7.40. The molecule has 0 fully saturated rings. The molecule has 0 amide bonds. The number of benzene rings is 1. The lowest BCUT2D eigenvalue weighted by atomic mass is 9.90. The molecule has 0 radical (unpaired) electrons. The molecule has 104 valence electrons. The van der Waals surface area contributed by atoms with Crippen molar-refractivity contribution in [3.63, 3.8) is 0 Å². The Morgan fingerprint density at radius 1 is 1.10 bits per heavy atom. The Labute approximate surface area is 120 Å². The average Bonchev–Trinajstić information content (AvgIpc) is 2.48. The molecule has 0 saturated heterocycles. The van der Waals surface area contributed by atoms with Crippen LogP contribution in [0.2, 0.25) is 0 Å². The van der Waals surface area contributed by atoms with E-state index in [0.29, 0.717) is 0 Å². The zero-order valence-electron chi connectivity index (χ0n) is 12.2. The number of rotatable bonds is 3. The largest absolute Gasteiger partial charge is 0.377 e. The SMILES string of the molecule is Cc1nccnc1C(C)Nc1cccc2c1CCCC2. The van der Waals surface area contributed by atoms with Crippen molar-refractivity contribution in [2.75, 3.05) is 5.32 Å². The molecule has 3 nitrogen and oxygen atoms in total. The topological polar surface area (TPSA) is 37.8 Å². The molecule has 1 aromatic heterocycles. The van der Waals surface area contributed by atoms with Crippen molar-refractivity contribution >= 4 is 5.69 Å². The Balaban J connectivity index is 1.86. The van der Waals surface area contributed by atoms with E-state index in [-0.39, 0.29) is 6.04 Å². The fraction of sp³-hybridized carbons (Fsp3) is 0.412. The van der Waals surface area contributed by atoms with E-state index in [0.717, 1.165) is 11.4 Å². The highest BCUT2D eigenvalue weighted by Crippen LogP contribution is 2.30. The van der Waals surface area contributed by atoms with Crippen LogP contribution in [0.5, 0.6) is 0 Å².